The lowest BCUT2D eigenvalue weighted by Gasteiger charge is -2.17. The van der Waals surface area contributed by atoms with Crippen LogP contribution in [0.1, 0.15) is 25.3 Å². The SMILES string of the molecule is CC(NC(=O)[C@@H]1CC[C@H](CN)O1)C(=O)NCc1ccccc1. The molecule has 3 atom stereocenters. The van der Waals surface area contributed by atoms with E-state index in [-0.39, 0.29) is 17.9 Å². The van der Waals surface area contributed by atoms with Crippen molar-refractivity contribution < 1.29 is 14.3 Å². The summed E-state index contributed by atoms with van der Waals surface area (Å²) >= 11 is 0. The van der Waals surface area contributed by atoms with Gasteiger partial charge >= 0.3 is 0 Å². The van der Waals surface area contributed by atoms with Crippen molar-refractivity contribution >= 4 is 11.8 Å². The van der Waals surface area contributed by atoms with E-state index in [0.717, 1.165) is 12.0 Å². The van der Waals surface area contributed by atoms with Gasteiger partial charge in [-0.2, -0.15) is 0 Å². The van der Waals surface area contributed by atoms with Gasteiger partial charge in [-0.3, -0.25) is 9.59 Å². The minimum absolute atomic E-state index is 0.0574. The zero-order valence-electron chi connectivity index (χ0n) is 12.7. The lowest BCUT2D eigenvalue weighted by molar-refractivity contribution is -0.135. The first-order valence-electron chi connectivity index (χ1n) is 7.57. The van der Waals surface area contributed by atoms with Crippen LogP contribution in [-0.2, 0) is 20.9 Å². The van der Waals surface area contributed by atoms with Crippen LogP contribution in [0.5, 0.6) is 0 Å². The van der Waals surface area contributed by atoms with E-state index in [4.69, 9.17) is 10.5 Å². The fourth-order valence-corrected chi connectivity index (χ4v) is 2.38. The molecule has 1 saturated heterocycles. The van der Waals surface area contributed by atoms with E-state index in [1.807, 2.05) is 30.3 Å². The van der Waals surface area contributed by atoms with Crippen LogP contribution < -0.4 is 16.4 Å². The van der Waals surface area contributed by atoms with Crippen molar-refractivity contribution in [1.82, 2.24) is 10.6 Å². The van der Waals surface area contributed by atoms with E-state index in [2.05, 4.69) is 10.6 Å². The standard InChI is InChI=1S/C16H23N3O3/c1-11(15(20)18-10-12-5-3-2-4-6-12)19-16(21)14-8-7-13(9-17)22-14/h2-6,11,13-14H,7-10,17H2,1H3,(H,18,20)(H,19,21)/t11?,13-,14+/m1/s1. The van der Waals surface area contributed by atoms with Gasteiger partial charge in [-0.1, -0.05) is 30.3 Å². The molecular weight excluding hydrogens is 282 g/mol. The number of hydrogen-bond acceptors (Lipinski definition) is 4. The highest BCUT2D eigenvalue weighted by atomic mass is 16.5. The number of carbonyl (C=O) groups is 2. The number of hydrogen-bond donors (Lipinski definition) is 3. The Morgan fingerprint density at radius 3 is 2.68 bits per heavy atom. The van der Waals surface area contributed by atoms with E-state index >= 15 is 0 Å². The van der Waals surface area contributed by atoms with E-state index in [0.29, 0.717) is 19.5 Å². The van der Waals surface area contributed by atoms with Crippen molar-refractivity contribution in [1.29, 1.82) is 0 Å². The monoisotopic (exact) mass is 305 g/mol. The number of rotatable bonds is 6. The minimum Gasteiger partial charge on any atom is -0.364 e. The summed E-state index contributed by atoms with van der Waals surface area (Å²) in [6, 6.07) is 9.02. The van der Waals surface area contributed by atoms with Crippen LogP contribution in [0.25, 0.3) is 0 Å². The van der Waals surface area contributed by atoms with Crippen LogP contribution in [0.15, 0.2) is 30.3 Å². The molecule has 0 aliphatic carbocycles. The molecule has 22 heavy (non-hydrogen) atoms. The van der Waals surface area contributed by atoms with Crippen molar-refractivity contribution in [3.63, 3.8) is 0 Å². The third-order valence-electron chi connectivity index (χ3n) is 3.72. The molecule has 2 amide bonds. The van der Waals surface area contributed by atoms with Gasteiger partial charge in [-0.05, 0) is 25.3 Å². The van der Waals surface area contributed by atoms with Crippen molar-refractivity contribution in [3.8, 4) is 0 Å². The maximum Gasteiger partial charge on any atom is 0.249 e. The summed E-state index contributed by atoms with van der Waals surface area (Å²) in [6.45, 7) is 2.51. The highest BCUT2D eigenvalue weighted by Crippen LogP contribution is 2.18. The largest absolute Gasteiger partial charge is 0.364 e. The summed E-state index contributed by atoms with van der Waals surface area (Å²) in [5, 5.41) is 5.49. The summed E-state index contributed by atoms with van der Waals surface area (Å²) in [6.07, 6.45) is 0.866. The summed E-state index contributed by atoms with van der Waals surface area (Å²) < 4.78 is 5.51. The summed E-state index contributed by atoms with van der Waals surface area (Å²) in [5.74, 6) is -0.469. The minimum atomic E-state index is -0.600. The second-order valence-electron chi connectivity index (χ2n) is 5.49. The van der Waals surface area contributed by atoms with Crippen molar-refractivity contribution in [3.05, 3.63) is 35.9 Å². The number of nitrogens with two attached hydrogens (primary N) is 1. The van der Waals surface area contributed by atoms with Gasteiger partial charge in [0.05, 0.1) is 6.10 Å². The van der Waals surface area contributed by atoms with Crippen LogP contribution in [0.2, 0.25) is 0 Å². The van der Waals surface area contributed by atoms with E-state index < -0.39 is 12.1 Å². The molecule has 1 heterocycles. The summed E-state index contributed by atoms with van der Waals surface area (Å²) in [5.41, 5.74) is 6.53. The third-order valence-corrected chi connectivity index (χ3v) is 3.72. The van der Waals surface area contributed by atoms with E-state index in [1.165, 1.54) is 0 Å². The number of carbonyl (C=O) groups excluding carboxylic acids is 2. The Kier molecular flexibility index (Phi) is 5.91. The zero-order valence-corrected chi connectivity index (χ0v) is 12.7. The molecule has 4 N–H and O–H groups in total. The number of ether oxygens (including phenoxy) is 1. The molecule has 0 bridgehead atoms. The molecule has 1 aliphatic rings. The van der Waals surface area contributed by atoms with Gasteiger partial charge in [0, 0.05) is 13.1 Å². The molecule has 1 unspecified atom stereocenters. The van der Waals surface area contributed by atoms with Gasteiger partial charge in [-0.15, -0.1) is 0 Å². The van der Waals surface area contributed by atoms with E-state index in [9.17, 15) is 9.59 Å². The molecular formula is C16H23N3O3. The average molecular weight is 305 g/mol. The molecule has 6 nitrogen and oxygen atoms in total. The molecule has 1 aromatic carbocycles. The van der Waals surface area contributed by atoms with Crippen LogP contribution in [0.4, 0.5) is 0 Å². The molecule has 0 spiro atoms. The number of amides is 2. The molecule has 1 aromatic rings. The summed E-state index contributed by atoms with van der Waals surface area (Å²) in [4.78, 5) is 24.0. The van der Waals surface area contributed by atoms with Gasteiger partial charge < -0.3 is 21.1 Å². The molecule has 1 aliphatic heterocycles. The second kappa shape index (κ2) is 7.91. The second-order valence-corrected chi connectivity index (χ2v) is 5.49. The first kappa shape index (κ1) is 16.5. The third kappa shape index (κ3) is 4.54. The predicted octanol–water partition coefficient (Wildman–Crippen LogP) is 0.314. The van der Waals surface area contributed by atoms with Crippen LogP contribution in [-0.4, -0.2) is 36.6 Å². The van der Waals surface area contributed by atoms with Gasteiger partial charge in [0.2, 0.25) is 11.8 Å². The Balaban J connectivity index is 1.75. The van der Waals surface area contributed by atoms with Crippen molar-refractivity contribution in [2.24, 2.45) is 5.73 Å². The molecule has 6 heteroatoms. The first-order chi connectivity index (χ1) is 10.6. The summed E-state index contributed by atoms with van der Waals surface area (Å²) in [7, 11) is 0. The fraction of sp³-hybridized carbons (Fsp3) is 0.500. The molecule has 120 valence electrons. The van der Waals surface area contributed by atoms with Gasteiger partial charge in [-0.25, -0.2) is 0 Å². The average Bonchev–Trinajstić information content (AvgIpc) is 3.02. The predicted molar refractivity (Wildman–Crippen MR) is 82.8 cm³/mol. The molecule has 0 radical (unpaired) electrons. The highest BCUT2D eigenvalue weighted by Gasteiger charge is 2.31. The Bertz CT molecular complexity index is 507. The van der Waals surface area contributed by atoms with Crippen molar-refractivity contribution in [2.45, 2.75) is 44.6 Å². The lowest BCUT2D eigenvalue weighted by atomic mass is 10.1. The molecule has 1 fully saturated rings. The van der Waals surface area contributed by atoms with Gasteiger partial charge in [0.15, 0.2) is 0 Å². The Labute approximate surface area is 130 Å². The van der Waals surface area contributed by atoms with Gasteiger partial charge in [0.1, 0.15) is 12.1 Å². The molecule has 0 aromatic heterocycles. The highest BCUT2D eigenvalue weighted by molar-refractivity contribution is 5.89. The molecule has 0 saturated carbocycles. The Hall–Kier alpha value is -1.92. The van der Waals surface area contributed by atoms with E-state index in [1.54, 1.807) is 6.92 Å². The maximum absolute atomic E-state index is 12.0. The van der Waals surface area contributed by atoms with Crippen LogP contribution in [0.3, 0.4) is 0 Å². The normalized spacial score (nSPS) is 22.1. The lowest BCUT2D eigenvalue weighted by Crippen LogP contribution is -2.48. The van der Waals surface area contributed by atoms with Crippen molar-refractivity contribution in [2.75, 3.05) is 6.54 Å². The van der Waals surface area contributed by atoms with Gasteiger partial charge in [0.25, 0.3) is 0 Å². The fourth-order valence-electron chi connectivity index (χ4n) is 2.38. The van der Waals surface area contributed by atoms with Crippen LogP contribution in [0, 0.1) is 0 Å². The van der Waals surface area contributed by atoms with Crippen LogP contribution >= 0.6 is 0 Å². The smallest absolute Gasteiger partial charge is 0.249 e. The number of nitrogens with one attached hydrogen (secondary N) is 2. The topological polar surface area (TPSA) is 93.5 Å². The quantitative estimate of drug-likeness (QED) is 0.705. The zero-order chi connectivity index (χ0) is 15.9. The Morgan fingerprint density at radius 1 is 1.32 bits per heavy atom. The maximum atomic E-state index is 12.0. The first-order valence-corrected chi connectivity index (χ1v) is 7.57. The molecule has 2 rings (SSSR count). The number of benzene rings is 1. The Morgan fingerprint density at radius 2 is 2.05 bits per heavy atom.